The van der Waals surface area contributed by atoms with Crippen LogP contribution >= 0.6 is 0 Å². The summed E-state index contributed by atoms with van der Waals surface area (Å²) in [5.41, 5.74) is 0. The second-order valence-corrected chi connectivity index (χ2v) is 3.66. The zero-order chi connectivity index (χ0) is 8.39. The normalized spacial score (nSPS) is 37.3. The first-order valence-electron chi connectivity index (χ1n) is 4.80. The van der Waals surface area contributed by atoms with E-state index >= 15 is 0 Å². The lowest BCUT2D eigenvalue weighted by Gasteiger charge is -2.16. The standard InChI is InChI=1S/C10H16O2/c1-2-9-7-11-10(12-9)8-5-3-4-6-8/h2,8-10H,1,3-7H2. The highest BCUT2D eigenvalue weighted by Crippen LogP contribution is 2.32. The highest BCUT2D eigenvalue weighted by molar-refractivity contribution is 4.85. The van der Waals surface area contributed by atoms with Gasteiger partial charge in [-0.15, -0.1) is 6.58 Å². The highest BCUT2D eigenvalue weighted by atomic mass is 16.7. The zero-order valence-electron chi connectivity index (χ0n) is 7.37. The molecule has 2 aliphatic rings. The van der Waals surface area contributed by atoms with Gasteiger partial charge < -0.3 is 9.47 Å². The van der Waals surface area contributed by atoms with Crippen molar-refractivity contribution in [2.75, 3.05) is 6.61 Å². The lowest BCUT2D eigenvalue weighted by atomic mass is 10.1. The molecule has 1 saturated heterocycles. The van der Waals surface area contributed by atoms with E-state index in [-0.39, 0.29) is 12.4 Å². The summed E-state index contributed by atoms with van der Waals surface area (Å²) < 4.78 is 11.2. The molecule has 2 atom stereocenters. The number of rotatable bonds is 2. The van der Waals surface area contributed by atoms with Crippen LogP contribution in [0, 0.1) is 5.92 Å². The Balaban J connectivity index is 1.85. The van der Waals surface area contributed by atoms with Gasteiger partial charge in [0.2, 0.25) is 0 Å². The van der Waals surface area contributed by atoms with Gasteiger partial charge in [-0.1, -0.05) is 18.9 Å². The van der Waals surface area contributed by atoms with Gasteiger partial charge in [0.05, 0.1) is 6.61 Å². The van der Waals surface area contributed by atoms with Gasteiger partial charge in [0.1, 0.15) is 6.10 Å². The van der Waals surface area contributed by atoms with E-state index in [0.717, 1.165) is 0 Å². The van der Waals surface area contributed by atoms with E-state index in [0.29, 0.717) is 12.5 Å². The highest BCUT2D eigenvalue weighted by Gasteiger charge is 2.32. The molecule has 1 aliphatic carbocycles. The molecule has 0 amide bonds. The molecule has 0 spiro atoms. The third-order valence-electron chi connectivity index (χ3n) is 2.78. The van der Waals surface area contributed by atoms with E-state index in [4.69, 9.17) is 9.47 Å². The van der Waals surface area contributed by atoms with E-state index in [9.17, 15) is 0 Å². The minimum atomic E-state index is 0.0653. The SMILES string of the molecule is C=CC1COC(C2CCCC2)O1. The summed E-state index contributed by atoms with van der Waals surface area (Å²) in [6, 6.07) is 0. The van der Waals surface area contributed by atoms with E-state index in [2.05, 4.69) is 6.58 Å². The van der Waals surface area contributed by atoms with Crippen LogP contribution in [0.4, 0.5) is 0 Å². The largest absolute Gasteiger partial charge is 0.349 e. The summed E-state index contributed by atoms with van der Waals surface area (Å²) >= 11 is 0. The molecule has 0 N–H and O–H groups in total. The van der Waals surface area contributed by atoms with Crippen LogP contribution in [0.15, 0.2) is 12.7 Å². The molecule has 1 aliphatic heterocycles. The molecule has 2 rings (SSSR count). The van der Waals surface area contributed by atoms with Crippen LogP contribution in [-0.2, 0) is 9.47 Å². The average molecular weight is 168 g/mol. The Morgan fingerprint density at radius 1 is 1.25 bits per heavy atom. The third-order valence-corrected chi connectivity index (χ3v) is 2.78. The molecule has 68 valence electrons. The molecule has 0 aromatic heterocycles. The van der Waals surface area contributed by atoms with Crippen molar-refractivity contribution in [3.8, 4) is 0 Å². The molecule has 12 heavy (non-hydrogen) atoms. The average Bonchev–Trinajstić information content (AvgIpc) is 2.75. The Bertz CT molecular complexity index is 161. The molecule has 2 nitrogen and oxygen atoms in total. The lowest BCUT2D eigenvalue weighted by molar-refractivity contribution is -0.0889. The van der Waals surface area contributed by atoms with Gasteiger partial charge in [-0.25, -0.2) is 0 Å². The van der Waals surface area contributed by atoms with Crippen molar-refractivity contribution in [2.24, 2.45) is 5.92 Å². The number of ether oxygens (including phenoxy) is 2. The molecule has 1 heterocycles. The summed E-state index contributed by atoms with van der Waals surface area (Å²) in [5.74, 6) is 0.648. The van der Waals surface area contributed by atoms with Crippen LogP contribution in [0.1, 0.15) is 25.7 Å². The van der Waals surface area contributed by atoms with Crippen LogP contribution < -0.4 is 0 Å². The second kappa shape index (κ2) is 3.58. The summed E-state index contributed by atoms with van der Waals surface area (Å²) in [4.78, 5) is 0. The molecular formula is C10H16O2. The van der Waals surface area contributed by atoms with Crippen molar-refractivity contribution >= 4 is 0 Å². The van der Waals surface area contributed by atoms with Crippen molar-refractivity contribution in [3.63, 3.8) is 0 Å². The fraction of sp³-hybridized carbons (Fsp3) is 0.800. The van der Waals surface area contributed by atoms with Gasteiger partial charge in [-0.2, -0.15) is 0 Å². The van der Waals surface area contributed by atoms with Crippen LogP contribution in [0.2, 0.25) is 0 Å². The first-order chi connectivity index (χ1) is 5.90. The molecule has 2 heteroatoms. The number of hydrogen-bond acceptors (Lipinski definition) is 2. The lowest BCUT2D eigenvalue weighted by Crippen LogP contribution is -2.19. The molecule has 0 bridgehead atoms. The van der Waals surface area contributed by atoms with E-state index in [1.54, 1.807) is 0 Å². The maximum atomic E-state index is 5.65. The molecule has 1 saturated carbocycles. The fourth-order valence-corrected chi connectivity index (χ4v) is 2.04. The van der Waals surface area contributed by atoms with E-state index in [1.807, 2.05) is 6.08 Å². The van der Waals surface area contributed by atoms with E-state index in [1.165, 1.54) is 25.7 Å². The monoisotopic (exact) mass is 168 g/mol. The van der Waals surface area contributed by atoms with Gasteiger partial charge in [0.15, 0.2) is 6.29 Å². The summed E-state index contributed by atoms with van der Waals surface area (Å²) in [5, 5.41) is 0. The maximum Gasteiger partial charge on any atom is 0.161 e. The number of hydrogen-bond donors (Lipinski definition) is 0. The molecule has 2 unspecified atom stereocenters. The predicted molar refractivity (Wildman–Crippen MR) is 46.8 cm³/mol. The van der Waals surface area contributed by atoms with Crippen molar-refractivity contribution in [2.45, 2.75) is 38.1 Å². The molecule has 2 fully saturated rings. The Hall–Kier alpha value is -0.340. The Morgan fingerprint density at radius 2 is 2.00 bits per heavy atom. The van der Waals surface area contributed by atoms with Gasteiger partial charge in [-0.3, -0.25) is 0 Å². The molecule has 0 radical (unpaired) electrons. The van der Waals surface area contributed by atoms with Gasteiger partial charge in [-0.05, 0) is 12.8 Å². The minimum absolute atomic E-state index is 0.0653. The maximum absolute atomic E-state index is 5.65. The first kappa shape index (κ1) is 8.27. The quantitative estimate of drug-likeness (QED) is 0.588. The van der Waals surface area contributed by atoms with Crippen LogP contribution in [0.3, 0.4) is 0 Å². The summed E-state index contributed by atoms with van der Waals surface area (Å²) in [6.45, 7) is 4.40. The topological polar surface area (TPSA) is 18.5 Å². The van der Waals surface area contributed by atoms with Crippen molar-refractivity contribution in [3.05, 3.63) is 12.7 Å². The molecule has 0 aromatic carbocycles. The van der Waals surface area contributed by atoms with Crippen molar-refractivity contribution in [1.29, 1.82) is 0 Å². The summed E-state index contributed by atoms with van der Waals surface area (Å²) in [6.07, 6.45) is 7.25. The van der Waals surface area contributed by atoms with Crippen molar-refractivity contribution in [1.82, 2.24) is 0 Å². The molecular weight excluding hydrogens is 152 g/mol. The Labute approximate surface area is 73.5 Å². The second-order valence-electron chi connectivity index (χ2n) is 3.66. The first-order valence-corrected chi connectivity index (χ1v) is 4.80. The fourth-order valence-electron chi connectivity index (χ4n) is 2.04. The van der Waals surface area contributed by atoms with Gasteiger partial charge in [0.25, 0.3) is 0 Å². The Morgan fingerprint density at radius 3 is 2.58 bits per heavy atom. The Kier molecular flexibility index (Phi) is 2.47. The zero-order valence-corrected chi connectivity index (χ0v) is 7.37. The minimum Gasteiger partial charge on any atom is -0.349 e. The van der Waals surface area contributed by atoms with Crippen molar-refractivity contribution < 1.29 is 9.47 Å². The van der Waals surface area contributed by atoms with E-state index < -0.39 is 0 Å². The van der Waals surface area contributed by atoms with Gasteiger partial charge >= 0.3 is 0 Å². The molecule has 0 aromatic rings. The van der Waals surface area contributed by atoms with Crippen LogP contribution in [-0.4, -0.2) is 19.0 Å². The predicted octanol–water partition coefficient (Wildman–Crippen LogP) is 2.10. The smallest absolute Gasteiger partial charge is 0.161 e. The summed E-state index contributed by atoms with van der Waals surface area (Å²) in [7, 11) is 0. The van der Waals surface area contributed by atoms with Gasteiger partial charge in [0, 0.05) is 5.92 Å². The van der Waals surface area contributed by atoms with Crippen LogP contribution in [0.25, 0.3) is 0 Å². The third kappa shape index (κ3) is 1.54. The van der Waals surface area contributed by atoms with Crippen LogP contribution in [0.5, 0.6) is 0 Å².